The summed E-state index contributed by atoms with van der Waals surface area (Å²) in [4.78, 5) is 13.1. The molecule has 0 aliphatic carbocycles. The Morgan fingerprint density at radius 2 is 1.62 bits per heavy atom. The molecule has 1 aromatic carbocycles. The Labute approximate surface area is 227 Å². The van der Waals surface area contributed by atoms with Gasteiger partial charge in [0.25, 0.3) is 0 Å². The fourth-order valence-electron chi connectivity index (χ4n) is 3.88. The average Bonchev–Trinajstić information content (AvgIpc) is 3.34. The molecule has 0 aliphatic rings. The fraction of sp³-hybridized carbons (Fsp3) is 0.346. The van der Waals surface area contributed by atoms with E-state index in [1.807, 2.05) is 13.8 Å². The van der Waals surface area contributed by atoms with Crippen molar-refractivity contribution in [2.45, 2.75) is 38.9 Å². The van der Waals surface area contributed by atoms with E-state index in [9.17, 15) is 8.42 Å². The van der Waals surface area contributed by atoms with Crippen LogP contribution in [0.5, 0.6) is 17.4 Å². The van der Waals surface area contributed by atoms with Crippen molar-refractivity contribution in [3.63, 3.8) is 0 Å². The number of ether oxygens (including phenoxy) is 3. The Bertz CT molecular complexity index is 1520. The first-order chi connectivity index (χ1) is 18.7. The SMILES string of the molecule is CCOc1cccc(-c2nnc(NS(=O)(=O)[C@@H](C)[C@H](C)c3ncc(C)cn3)n2-c2c(OC)cccc2OC)n1. The summed E-state index contributed by atoms with van der Waals surface area (Å²) in [7, 11) is -0.995. The van der Waals surface area contributed by atoms with Crippen LogP contribution >= 0.6 is 0 Å². The molecule has 0 saturated carbocycles. The molecular weight excluding hydrogens is 522 g/mol. The molecule has 0 fully saturated rings. The van der Waals surface area contributed by atoms with Crippen molar-refractivity contribution in [1.82, 2.24) is 29.7 Å². The number of benzene rings is 1. The Morgan fingerprint density at radius 1 is 0.974 bits per heavy atom. The number of para-hydroxylation sites is 1. The molecule has 12 nitrogen and oxygen atoms in total. The summed E-state index contributed by atoms with van der Waals surface area (Å²) < 4.78 is 48.1. The fourth-order valence-corrected chi connectivity index (χ4v) is 5.12. The quantitative estimate of drug-likeness (QED) is 0.291. The van der Waals surface area contributed by atoms with Crippen LogP contribution in [0.3, 0.4) is 0 Å². The van der Waals surface area contributed by atoms with E-state index in [4.69, 9.17) is 14.2 Å². The minimum Gasteiger partial charge on any atom is -0.494 e. The van der Waals surface area contributed by atoms with Crippen LogP contribution in [0.15, 0.2) is 48.8 Å². The number of methoxy groups -OCH3 is 2. The molecule has 3 aromatic heterocycles. The van der Waals surface area contributed by atoms with Gasteiger partial charge in [-0.2, -0.15) is 0 Å². The van der Waals surface area contributed by atoms with E-state index in [-0.39, 0.29) is 11.8 Å². The van der Waals surface area contributed by atoms with E-state index in [0.29, 0.717) is 41.2 Å². The highest BCUT2D eigenvalue weighted by molar-refractivity contribution is 7.93. The molecule has 2 atom stereocenters. The van der Waals surface area contributed by atoms with Crippen molar-refractivity contribution in [3.8, 4) is 34.6 Å². The van der Waals surface area contributed by atoms with E-state index < -0.39 is 21.2 Å². The molecule has 39 heavy (non-hydrogen) atoms. The molecule has 0 spiro atoms. The summed E-state index contributed by atoms with van der Waals surface area (Å²) in [5.41, 5.74) is 1.68. The number of aromatic nitrogens is 6. The highest BCUT2D eigenvalue weighted by atomic mass is 32.2. The second-order valence-corrected chi connectivity index (χ2v) is 10.8. The Hall–Kier alpha value is -4.26. The summed E-state index contributed by atoms with van der Waals surface area (Å²) >= 11 is 0. The molecule has 0 amide bonds. The lowest BCUT2D eigenvalue weighted by Gasteiger charge is -2.21. The molecule has 0 aliphatic heterocycles. The van der Waals surface area contributed by atoms with Crippen molar-refractivity contribution >= 4 is 16.0 Å². The zero-order valence-electron chi connectivity index (χ0n) is 22.6. The monoisotopic (exact) mass is 553 g/mol. The zero-order chi connectivity index (χ0) is 28.2. The number of hydrogen-bond donors (Lipinski definition) is 1. The molecule has 1 N–H and O–H groups in total. The highest BCUT2D eigenvalue weighted by Crippen LogP contribution is 2.38. The van der Waals surface area contributed by atoms with Crippen LogP contribution < -0.4 is 18.9 Å². The minimum atomic E-state index is -4.01. The highest BCUT2D eigenvalue weighted by Gasteiger charge is 2.32. The molecule has 206 valence electrons. The van der Waals surface area contributed by atoms with E-state index >= 15 is 0 Å². The standard InChI is InChI=1S/C26H31N7O5S/c1-7-38-22-13-8-10-19(29-22)25-30-31-26(33(25)23-20(36-5)11-9-12-21(23)37-6)32-39(34,35)18(4)17(3)24-27-14-16(2)15-28-24/h8-15,17-18H,7H2,1-6H3,(H,31,32)/t17-,18-/m0/s1. The first kappa shape index (κ1) is 27.8. The molecule has 0 saturated heterocycles. The minimum absolute atomic E-state index is 0.0692. The maximum absolute atomic E-state index is 13.6. The Kier molecular flexibility index (Phi) is 8.29. The number of sulfonamides is 1. The molecule has 0 unspecified atom stereocenters. The first-order valence-electron chi connectivity index (χ1n) is 12.3. The Balaban J connectivity index is 1.84. The van der Waals surface area contributed by atoms with Gasteiger partial charge in [-0.15, -0.1) is 10.2 Å². The number of rotatable bonds is 11. The van der Waals surface area contributed by atoms with Gasteiger partial charge in [0.05, 0.1) is 26.1 Å². The third-order valence-corrected chi connectivity index (χ3v) is 8.02. The second-order valence-electron chi connectivity index (χ2n) is 8.75. The lowest BCUT2D eigenvalue weighted by molar-refractivity contribution is 0.327. The van der Waals surface area contributed by atoms with Crippen LogP contribution in [0, 0.1) is 6.92 Å². The third-order valence-electron chi connectivity index (χ3n) is 6.17. The number of pyridine rings is 1. The van der Waals surface area contributed by atoms with Crippen molar-refractivity contribution in [2.75, 3.05) is 25.5 Å². The van der Waals surface area contributed by atoms with Crippen LogP contribution in [0.25, 0.3) is 17.2 Å². The maximum atomic E-state index is 13.6. The van der Waals surface area contributed by atoms with Crippen LogP contribution in [-0.2, 0) is 10.0 Å². The molecule has 3 heterocycles. The molecule has 4 aromatic rings. The van der Waals surface area contributed by atoms with E-state index in [2.05, 4.69) is 29.9 Å². The predicted octanol–water partition coefficient (Wildman–Crippen LogP) is 3.78. The van der Waals surface area contributed by atoms with E-state index in [0.717, 1.165) is 5.56 Å². The topological polar surface area (TPSA) is 143 Å². The van der Waals surface area contributed by atoms with Gasteiger partial charge in [0.1, 0.15) is 28.7 Å². The lowest BCUT2D eigenvalue weighted by Crippen LogP contribution is -2.31. The average molecular weight is 554 g/mol. The normalized spacial score (nSPS) is 13.0. The predicted molar refractivity (Wildman–Crippen MR) is 146 cm³/mol. The van der Waals surface area contributed by atoms with Gasteiger partial charge in [-0.1, -0.05) is 19.1 Å². The summed E-state index contributed by atoms with van der Waals surface area (Å²) in [6, 6.07) is 10.4. The second kappa shape index (κ2) is 11.6. The summed E-state index contributed by atoms with van der Waals surface area (Å²) in [5.74, 6) is 1.30. The van der Waals surface area contributed by atoms with Crippen molar-refractivity contribution < 1.29 is 22.6 Å². The molecular formula is C26H31N7O5S. The number of aryl methyl sites for hydroxylation is 1. The van der Waals surface area contributed by atoms with Gasteiger partial charge < -0.3 is 14.2 Å². The van der Waals surface area contributed by atoms with Gasteiger partial charge >= 0.3 is 0 Å². The summed E-state index contributed by atoms with van der Waals surface area (Å²) in [6.45, 7) is 7.50. The van der Waals surface area contributed by atoms with E-state index in [1.165, 1.54) is 18.8 Å². The molecule has 0 bridgehead atoms. The van der Waals surface area contributed by atoms with Crippen LogP contribution in [-0.4, -0.2) is 64.2 Å². The van der Waals surface area contributed by atoms with E-state index in [1.54, 1.807) is 62.6 Å². The summed E-state index contributed by atoms with van der Waals surface area (Å²) in [6.07, 6.45) is 3.32. The molecule has 4 rings (SSSR count). The first-order valence-corrected chi connectivity index (χ1v) is 13.8. The van der Waals surface area contributed by atoms with Crippen molar-refractivity contribution in [1.29, 1.82) is 0 Å². The molecule has 0 radical (unpaired) electrons. The molecule has 13 heteroatoms. The van der Waals surface area contributed by atoms with Gasteiger partial charge in [-0.3, -0.25) is 9.29 Å². The number of nitrogens with zero attached hydrogens (tertiary/aromatic N) is 6. The number of hydrogen-bond acceptors (Lipinski definition) is 10. The van der Waals surface area contributed by atoms with Gasteiger partial charge in [-0.05, 0) is 44.5 Å². The zero-order valence-corrected chi connectivity index (χ0v) is 23.4. The smallest absolute Gasteiger partial charge is 0.243 e. The maximum Gasteiger partial charge on any atom is 0.243 e. The lowest BCUT2D eigenvalue weighted by atomic mass is 10.1. The summed E-state index contributed by atoms with van der Waals surface area (Å²) in [5, 5.41) is 7.60. The largest absolute Gasteiger partial charge is 0.494 e. The number of anilines is 1. The van der Waals surface area contributed by atoms with Crippen LogP contribution in [0.4, 0.5) is 5.95 Å². The van der Waals surface area contributed by atoms with Crippen molar-refractivity contribution in [2.24, 2.45) is 0 Å². The Morgan fingerprint density at radius 3 is 2.23 bits per heavy atom. The van der Waals surface area contributed by atoms with Crippen LogP contribution in [0.2, 0.25) is 0 Å². The van der Waals surface area contributed by atoms with Gasteiger partial charge in [-0.25, -0.2) is 23.4 Å². The van der Waals surface area contributed by atoms with Gasteiger partial charge in [0.15, 0.2) is 5.82 Å². The van der Waals surface area contributed by atoms with Gasteiger partial charge in [0, 0.05) is 24.4 Å². The van der Waals surface area contributed by atoms with Crippen LogP contribution in [0.1, 0.15) is 38.1 Å². The van der Waals surface area contributed by atoms with Gasteiger partial charge in [0.2, 0.25) is 21.9 Å². The third kappa shape index (κ3) is 5.77. The number of nitrogens with one attached hydrogen (secondary N) is 1. The van der Waals surface area contributed by atoms with Crippen molar-refractivity contribution in [3.05, 3.63) is 60.2 Å².